The van der Waals surface area contributed by atoms with Gasteiger partial charge in [0.1, 0.15) is 17.3 Å². The topological polar surface area (TPSA) is 61.3 Å². The summed E-state index contributed by atoms with van der Waals surface area (Å²) in [4.78, 5) is 2.29. The third-order valence-electron chi connectivity index (χ3n) is 4.88. The standard InChI is InChI=1S/C20H21FN4O/c1-25-11-5-6-13(12-25)22-20-15-8-3-2-7-14(15)19(23-24-20)18-16(21)9-4-10-17(18)26/h2-4,7-10,13,26H,5-6,11-12H2,1H3,(H,22,24)/t13-/m1/s1. The lowest BCUT2D eigenvalue weighted by atomic mass is 10.0. The van der Waals surface area contributed by atoms with Crippen LogP contribution in [0.5, 0.6) is 5.75 Å². The van der Waals surface area contributed by atoms with Gasteiger partial charge in [-0.05, 0) is 38.6 Å². The molecule has 26 heavy (non-hydrogen) atoms. The molecule has 0 spiro atoms. The molecule has 1 fully saturated rings. The predicted octanol–water partition coefficient (Wildman–Crippen LogP) is 3.65. The van der Waals surface area contributed by atoms with Gasteiger partial charge in [-0.1, -0.05) is 30.3 Å². The highest BCUT2D eigenvalue weighted by atomic mass is 19.1. The van der Waals surface area contributed by atoms with E-state index in [2.05, 4.69) is 27.5 Å². The van der Waals surface area contributed by atoms with E-state index in [4.69, 9.17) is 0 Å². The van der Waals surface area contributed by atoms with Crippen molar-refractivity contribution in [3.63, 3.8) is 0 Å². The second kappa shape index (κ2) is 6.88. The van der Waals surface area contributed by atoms with Gasteiger partial charge in [-0.25, -0.2) is 4.39 Å². The second-order valence-corrected chi connectivity index (χ2v) is 6.82. The summed E-state index contributed by atoms with van der Waals surface area (Å²) in [6, 6.07) is 12.2. The summed E-state index contributed by atoms with van der Waals surface area (Å²) in [5, 5.41) is 23.8. The summed E-state index contributed by atoms with van der Waals surface area (Å²) in [6.07, 6.45) is 2.22. The Balaban J connectivity index is 1.79. The van der Waals surface area contributed by atoms with Gasteiger partial charge in [0.15, 0.2) is 5.82 Å². The molecule has 6 heteroatoms. The van der Waals surface area contributed by atoms with E-state index in [9.17, 15) is 9.50 Å². The number of hydrogen-bond acceptors (Lipinski definition) is 5. The summed E-state index contributed by atoms with van der Waals surface area (Å²) in [6.45, 7) is 2.06. The SMILES string of the molecule is CN1CCC[C@@H](Nc2nnc(-c3c(O)cccc3F)c3ccccc23)C1. The number of piperidine rings is 1. The van der Waals surface area contributed by atoms with Crippen LogP contribution in [0.15, 0.2) is 42.5 Å². The quantitative estimate of drug-likeness (QED) is 0.753. The fraction of sp³-hybridized carbons (Fsp3) is 0.300. The Labute approximate surface area is 151 Å². The molecule has 0 bridgehead atoms. The molecule has 1 aromatic heterocycles. The van der Waals surface area contributed by atoms with Crippen LogP contribution in [0.4, 0.5) is 10.2 Å². The van der Waals surface area contributed by atoms with Gasteiger partial charge in [-0.2, -0.15) is 0 Å². The zero-order valence-electron chi connectivity index (χ0n) is 14.6. The van der Waals surface area contributed by atoms with E-state index in [1.807, 2.05) is 24.3 Å². The first-order valence-electron chi connectivity index (χ1n) is 8.82. The largest absolute Gasteiger partial charge is 0.507 e. The Morgan fingerprint density at radius 3 is 2.69 bits per heavy atom. The van der Waals surface area contributed by atoms with Crippen molar-refractivity contribution < 1.29 is 9.50 Å². The molecule has 0 aliphatic carbocycles. The maximum atomic E-state index is 14.3. The van der Waals surface area contributed by atoms with Gasteiger partial charge in [0, 0.05) is 23.4 Å². The minimum atomic E-state index is -0.515. The molecular formula is C20H21FN4O. The Kier molecular flexibility index (Phi) is 4.42. The van der Waals surface area contributed by atoms with Crippen LogP contribution in [0.1, 0.15) is 12.8 Å². The minimum Gasteiger partial charge on any atom is -0.507 e. The number of likely N-dealkylation sites (N-methyl/N-ethyl adjacent to an activating group) is 1. The number of phenolic OH excluding ortho intramolecular Hbond substituents is 1. The molecule has 2 aromatic carbocycles. The number of fused-ring (bicyclic) bond motifs is 1. The van der Waals surface area contributed by atoms with Gasteiger partial charge in [0.2, 0.25) is 0 Å². The average molecular weight is 352 g/mol. The van der Waals surface area contributed by atoms with E-state index in [1.54, 1.807) is 0 Å². The lowest BCUT2D eigenvalue weighted by Gasteiger charge is -2.30. The van der Waals surface area contributed by atoms with Crippen LogP contribution in [-0.4, -0.2) is 46.4 Å². The van der Waals surface area contributed by atoms with E-state index >= 15 is 0 Å². The van der Waals surface area contributed by atoms with Crippen LogP contribution in [0.3, 0.4) is 0 Å². The molecule has 5 nitrogen and oxygen atoms in total. The number of benzene rings is 2. The van der Waals surface area contributed by atoms with E-state index in [-0.39, 0.29) is 11.3 Å². The maximum Gasteiger partial charge on any atom is 0.156 e. The van der Waals surface area contributed by atoms with Crippen LogP contribution in [0.2, 0.25) is 0 Å². The molecule has 4 rings (SSSR count). The number of aromatic nitrogens is 2. The zero-order valence-corrected chi connectivity index (χ0v) is 14.6. The second-order valence-electron chi connectivity index (χ2n) is 6.82. The lowest BCUT2D eigenvalue weighted by molar-refractivity contribution is 0.261. The number of halogens is 1. The summed E-state index contributed by atoms with van der Waals surface area (Å²) in [7, 11) is 2.11. The molecule has 0 unspecified atom stereocenters. The predicted molar refractivity (Wildman–Crippen MR) is 101 cm³/mol. The van der Waals surface area contributed by atoms with Crippen molar-refractivity contribution in [1.29, 1.82) is 0 Å². The van der Waals surface area contributed by atoms with Gasteiger partial charge >= 0.3 is 0 Å². The third kappa shape index (κ3) is 3.08. The molecule has 0 radical (unpaired) electrons. The van der Waals surface area contributed by atoms with Crippen molar-refractivity contribution in [2.24, 2.45) is 0 Å². The van der Waals surface area contributed by atoms with Crippen molar-refractivity contribution in [3.05, 3.63) is 48.3 Å². The van der Waals surface area contributed by atoms with Gasteiger partial charge in [0.05, 0.1) is 5.56 Å². The molecule has 3 aromatic rings. The molecule has 134 valence electrons. The first-order chi connectivity index (χ1) is 12.6. The Morgan fingerprint density at radius 1 is 1.12 bits per heavy atom. The van der Waals surface area contributed by atoms with Gasteiger partial charge in [-0.15, -0.1) is 10.2 Å². The Hall–Kier alpha value is -2.73. The van der Waals surface area contributed by atoms with Crippen molar-refractivity contribution >= 4 is 16.6 Å². The highest BCUT2D eigenvalue weighted by molar-refractivity contribution is 6.01. The summed E-state index contributed by atoms with van der Waals surface area (Å²) in [5.41, 5.74) is 0.433. The average Bonchev–Trinajstić information content (AvgIpc) is 2.63. The minimum absolute atomic E-state index is 0.0835. The number of likely N-dealkylation sites (tertiary alicyclic amines) is 1. The molecule has 2 N–H and O–H groups in total. The number of rotatable bonds is 3. The first-order valence-corrected chi connectivity index (χ1v) is 8.82. The van der Waals surface area contributed by atoms with Crippen LogP contribution in [-0.2, 0) is 0 Å². The van der Waals surface area contributed by atoms with Crippen molar-refractivity contribution in [1.82, 2.24) is 15.1 Å². The first kappa shape index (κ1) is 16.7. The molecular weight excluding hydrogens is 331 g/mol. The van der Waals surface area contributed by atoms with Gasteiger partial charge < -0.3 is 15.3 Å². The van der Waals surface area contributed by atoms with Crippen molar-refractivity contribution in [2.45, 2.75) is 18.9 Å². The fourth-order valence-electron chi connectivity index (χ4n) is 3.62. The number of aromatic hydroxyl groups is 1. The number of hydrogen-bond donors (Lipinski definition) is 2. The molecule has 0 saturated carbocycles. The fourth-order valence-corrected chi connectivity index (χ4v) is 3.62. The third-order valence-corrected chi connectivity index (χ3v) is 4.88. The molecule has 2 heterocycles. The van der Waals surface area contributed by atoms with Crippen LogP contribution >= 0.6 is 0 Å². The van der Waals surface area contributed by atoms with E-state index in [1.165, 1.54) is 18.2 Å². The zero-order chi connectivity index (χ0) is 18.1. The molecule has 1 aliphatic heterocycles. The van der Waals surface area contributed by atoms with E-state index < -0.39 is 5.82 Å². The summed E-state index contributed by atoms with van der Waals surface area (Å²) < 4.78 is 14.3. The van der Waals surface area contributed by atoms with Gasteiger partial charge in [-0.3, -0.25) is 0 Å². The number of anilines is 1. The number of phenols is 1. The molecule has 1 aliphatic rings. The van der Waals surface area contributed by atoms with E-state index in [0.717, 1.165) is 36.7 Å². The van der Waals surface area contributed by atoms with Gasteiger partial charge in [0.25, 0.3) is 0 Å². The highest BCUT2D eigenvalue weighted by Gasteiger charge is 2.21. The van der Waals surface area contributed by atoms with Crippen LogP contribution in [0.25, 0.3) is 22.0 Å². The number of nitrogens with zero attached hydrogens (tertiary/aromatic N) is 3. The summed E-state index contributed by atoms with van der Waals surface area (Å²) >= 11 is 0. The normalized spacial score (nSPS) is 18.2. The van der Waals surface area contributed by atoms with Crippen LogP contribution < -0.4 is 5.32 Å². The Bertz CT molecular complexity index is 926. The lowest BCUT2D eigenvalue weighted by Crippen LogP contribution is -2.40. The molecule has 1 saturated heterocycles. The maximum absolute atomic E-state index is 14.3. The molecule has 1 atom stereocenters. The molecule has 0 amide bonds. The van der Waals surface area contributed by atoms with E-state index in [0.29, 0.717) is 17.6 Å². The highest BCUT2D eigenvalue weighted by Crippen LogP contribution is 2.36. The van der Waals surface area contributed by atoms with Crippen LogP contribution in [0, 0.1) is 5.82 Å². The smallest absolute Gasteiger partial charge is 0.156 e. The summed E-state index contributed by atoms with van der Waals surface area (Å²) in [5.74, 6) is 0.0404. The monoisotopic (exact) mass is 352 g/mol. The Morgan fingerprint density at radius 2 is 1.92 bits per heavy atom. The van der Waals surface area contributed by atoms with Crippen molar-refractivity contribution in [3.8, 4) is 17.0 Å². The van der Waals surface area contributed by atoms with Crippen molar-refractivity contribution in [2.75, 3.05) is 25.5 Å². The number of nitrogens with one attached hydrogen (secondary N) is 1.